The van der Waals surface area contributed by atoms with E-state index in [1.807, 2.05) is 29.2 Å². The number of furan rings is 1. The Hall–Kier alpha value is -3.13. The van der Waals surface area contributed by atoms with E-state index in [4.69, 9.17) is 13.6 Å². The molecular formula is C20H24N4O4. The largest absolute Gasteiger partial charge is 0.497 e. The number of carbonyl (C=O) groups excluding carboxylic acids is 1. The molecule has 8 heteroatoms. The van der Waals surface area contributed by atoms with Gasteiger partial charge in [-0.15, -0.1) is 10.2 Å². The maximum atomic E-state index is 12.3. The molecule has 3 aromatic rings. The Morgan fingerprint density at radius 1 is 1.21 bits per heavy atom. The predicted octanol–water partition coefficient (Wildman–Crippen LogP) is 2.87. The summed E-state index contributed by atoms with van der Waals surface area (Å²) in [5.41, 5.74) is 1.01. The Labute approximate surface area is 163 Å². The highest BCUT2D eigenvalue weighted by Gasteiger charge is 2.16. The van der Waals surface area contributed by atoms with Crippen LogP contribution in [-0.2, 0) is 17.9 Å². The average Bonchev–Trinajstić information content (AvgIpc) is 3.39. The highest BCUT2D eigenvalue weighted by molar-refractivity contribution is 5.78. The molecule has 2 aromatic heterocycles. The first-order chi connectivity index (χ1) is 13.7. The molecule has 1 aromatic carbocycles. The molecule has 1 N–H and O–H groups in total. The monoisotopic (exact) mass is 384 g/mol. The van der Waals surface area contributed by atoms with Crippen molar-refractivity contribution in [3.05, 3.63) is 54.1 Å². The van der Waals surface area contributed by atoms with Crippen LogP contribution in [0.1, 0.15) is 24.8 Å². The maximum Gasteiger partial charge on any atom is 0.283 e. The van der Waals surface area contributed by atoms with Gasteiger partial charge in [0.15, 0.2) is 5.76 Å². The number of rotatable bonds is 10. The van der Waals surface area contributed by atoms with Gasteiger partial charge in [-0.1, -0.05) is 19.1 Å². The van der Waals surface area contributed by atoms with E-state index in [1.54, 1.807) is 25.5 Å². The topological polar surface area (TPSA) is 93.6 Å². The molecule has 0 aliphatic heterocycles. The molecule has 0 spiro atoms. The van der Waals surface area contributed by atoms with Crippen LogP contribution in [0.5, 0.6) is 5.75 Å². The van der Waals surface area contributed by atoms with Gasteiger partial charge in [0.05, 0.1) is 26.5 Å². The molecule has 8 nitrogen and oxygen atoms in total. The Morgan fingerprint density at radius 2 is 2.04 bits per heavy atom. The van der Waals surface area contributed by atoms with Gasteiger partial charge in [-0.25, -0.2) is 0 Å². The van der Waals surface area contributed by atoms with Crippen molar-refractivity contribution in [3.8, 4) is 17.4 Å². The fourth-order valence-corrected chi connectivity index (χ4v) is 2.74. The quantitative estimate of drug-likeness (QED) is 0.574. The Kier molecular flexibility index (Phi) is 6.80. The van der Waals surface area contributed by atoms with Gasteiger partial charge in [-0.2, -0.15) is 0 Å². The van der Waals surface area contributed by atoms with Crippen molar-refractivity contribution >= 4 is 5.91 Å². The molecule has 28 heavy (non-hydrogen) atoms. The SMILES string of the molecule is CCCN(CC(=O)NCc1ccc(OC)cc1)Cc1nnc(-c2ccco2)o1. The summed E-state index contributed by atoms with van der Waals surface area (Å²) in [5, 5.41) is 11.0. The van der Waals surface area contributed by atoms with Crippen molar-refractivity contribution < 1.29 is 18.4 Å². The molecular weight excluding hydrogens is 360 g/mol. The Balaban J connectivity index is 1.52. The normalized spacial score (nSPS) is 11.0. The number of benzene rings is 1. The van der Waals surface area contributed by atoms with E-state index in [0.717, 1.165) is 24.3 Å². The Morgan fingerprint density at radius 3 is 2.71 bits per heavy atom. The summed E-state index contributed by atoms with van der Waals surface area (Å²) in [4.78, 5) is 14.3. The van der Waals surface area contributed by atoms with Gasteiger partial charge in [0.25, 0.3) is 5.89 Å². The molecule has 0 unspecified atom stereocenters. The molecule has 148 valence electrons. The zero-order valence-corrected chi connectivity index (χ0v) is 16.1. The third-order valence-electron chi connectivity index (χ3n) is 4.11. The Bertz CT molecular complexity index is 859. The van der Waals surface area contributed by atoms with Crippen LogP contribution in [0.4, 0.5) is 0 Å². The van der Waals surface area contributed by atoms with Gasteiger partial charge >= 0.3 is 0 Å². The lowest BCUT2D eigenvalue weighted by molar-refractivity contribution is -0.122. The van der Waals surface area contributed by atoms with Crippen molar-refractivity contribution in [2.75, 3.05) is 20.2 Å². The molecule has 0 fully saturated rings. The lowest BCUT2D eigenvalue weighted by atomic mass is 10.2. The highest BCUT2D eigenvalue weighted by atomic mass is 16.5. The van der Waals surface area contributed by atoms with Crippen LogP contribution >= 0.6 is 0 Å². The number of nitrogens with one attached hydrogen (secondary N) is 1. The molecule has 0 radical (unpaired) electrons. The molecule has 2 heterocycles. The summed E-state index contributed by atoms with van der Waals surface area (Å²) in [6.07, 6.45) is 2.46. The van der Waals surface area contributed by atoms with Crippen LogP contribution < -0.4 is 10.1 Å². The summed E-state index contributed by atoms with van der Waals surface area (Å²) >= 11 is 0. The van der Waals surface area contributed by atoms with E-state index in [0.29, 0.717) is 30.6 Å². The molecule has 3 rings (SSSR count). The fraction of sp³-hybridized carbons (Fsp3) is 0.350. The van der Waals surface area contributed by atoms with Crippen molar-refractivity contribution in [2.45, 2.75) is 26.4 Å². The number of methoxy groups -OCH3 is 1. The highest BCUT2D eigenvalue weighted by Crippen LogP contribution is 2.18. The second-order valence-corrected chi connectivity index (χ2v) is 6.31. The number of ether oxygens (including phenoxy) is 1. The molecule has 1 amide bonds. The van der Waals surface area contributed by atoms with Gasteiger partial charge in [-0.3, -0.25) is 9.69 Å². The molecule has 0 saturated carbocycles. The first kappa shape index (κ1) is 19.6. The van der Waals surface area contributed by atoms with E-state index >= 15 is 0 Å². The van der Waals surface area contributed by atoms with E-state index < -0.39 is 0 Å². The lowest BCUT2D eigenvalue weighted by Gasteiger charge is -2.19. The predicted molar refractivity (Wildman–Crippen MR) is 102 cm³/mol. The van der Waals surface area contributed by atoms with Crippen LogP contribution in [0.15, 0.2) is 51.5 Å². The van der Waals surface area contributed by atoms with E-state index in [-0.39, 0.29) is 12.5 Å². The van der Waals surface area contributed by atoms with Crippen molar-refractivity contribution in [1.29, 1.82) is 0 Å². The summed E-state index contributed by atoms with van der Waals surface area (Å²) in [7, 11) is 1.63. The van der Waals surface area contributed by atoms with Crippen LogP contribution in [0, 0.1) is 0 Å². The third kappa shape index (κ3) is 5.43. The minimum absolute atomic E-state index is 0.0601. The minimum Gasteiger partial charge on any atom is -0.497 e. The number of hydrogen-bond acceptors (Lipinski definition) is 7. The number of nitrogens with zero attached hydrogens (tertiary/aromatic N) is 3. The molecule has 0 atom stereocenters. The van der Waals surface area contributed by atoms with Crippen LogP contribution in [-0.4, -0.2) is 41.2 Å². The smallest absolute Gasteiger partial charge is 0.283 e. The van der Waals surface area contributed by atoms with Crippen LogP contribution in [0.3, 0.4) is 0 Å². The zero-order valence-electron chi connectivity index (χ0n) is 16.1. The van der Waals surface area contributed by atoms with Crippen molar-refractivity contribution in [3.63, 3.8) is 0 Å². The first-order valence-corrected chi connectivity index (χ1v) is 9.16. The summed E-state index contributed by atoms with van der Waals surface area (Å²) in [6.45, 7) is 3.92. The molecule has 0 aliphatic rings. The molecule has 0 saturated heterocycles. The number of amides is 1. The number of aromatic nitrogens is 2. The van der Waals surface area contributed by atoms with E-state index in [9.17, 15) is 4.79 Å². The van der Waals surface area contributed by atoms with Crippen LogP contribution in [0.2, 0.25) is 0 Å². The number of hydrogen-bond donors (Lipinski definition) is 1. The van der Waals surface area contributed by atoms with E-state index in [1.165, 1.54) is 0 Å². The van der Waals surface area contributed by atoms with Gasteiger partial charge in [0.2, 0.25) is 11.8 Å². The van der Waals surface area contributed by atoms with Gasteiger partial charge in [0.1, 0.15) is 5.75 Å². The standard InChI is InChI=1S/C20H24N4O4/c1-3-10-24(14-19-22-23-20(28-19)17-5-4-11-27-17)13-18(25)21-12-15-6-8-16(26-2)9-7-15/h4-9,11H,3,10,12-14H2,1-2H3,(H,21,25). The van der Waals surface area contributed by atoms with Gasteiger partial charge < -0.3 is 18.9 Å². The summed E-state index contributed by atoms with van der Waals surface area (Å²) in [6, 6.07) is 11.1. The van der Waals surface area contributed by atoms with Crippen molar-refractivity contribution in [2.24, 2.45) is 0 Å². The second-order valence-electron chi connectivity index (χ2n) is 6.31. The second kappa shape index (κ2) is 9.70. The average molecular weight is 384 g/mol. The fourth-order valence-electron chi connectivity index (χ4n) is 2.74. The van der Waals surface area contributed by atoms with E-state index in [2.05, 4.69) is 22.4 Å². The minimum atomic E-state index is -0.0601. The number of carbonyl (C=O) groups is 1. The van der Waals surface area contributed by atoms with Gasteiger partial charge in [0, 0.05) is 6.54 Å². The van der Waals surface area contributed by atoms with Crippen molar-refractivity contribution in [1.82, 2.24) is 20.4 Å². The molecule has 0 bridgehead atoms. The van der Waals surface area contributed by atoms with Gasteiger partial charge in [-0.05, 0) is 42.8 Å². The third-order valence-corrected chi connectivity index (χ3v) is 4.11. The summed E-state index contributed by atoms with van der Waals surface area (Å²) in [5.74, 6) is 2.04. The zero-order chi connectivity index (χ0) is 19.8. The summed E-state index contributed by atoms with van der Waals surface area (Å²) < 4.78 is 16.0. The lowest BCUT2D eigenvalue weighted by Crippen LogP contribution is -2.37. The maximum absolute atomic E-state index is 12.3. The first-order valence-electron chi connectivity index (χ1n) is 9.16. The van der Waals surface area contributed by atoms with Crippen LogP contribution in [0.25, 0.3) is 11.7 Å². The molecule has 0 aliphatic carbocycles.